The number of thioether (sulfide) groups is 1. The van der Waals surface area contributed by atoms with Gasteiger partial charge in [0.25, 0.3) is 0 Å². The normalized spacial score (nSPS) is 18.4. The molecule has 25 nitrogen and oxygen atoms in total. The number of carbonyl (C=O) groups excluding carboxylic acids is 7. The van der Waals surface area contributed by atoms with Crippen molar-refractivity contribution in [2.45, 2.75) is 127 Å². The summed E-state index contributed by atoms with van der Waals surface area (Å²) in [5, 5.41) is 31.7. The second-order valence-electron chi connectivity index (χ2n) is 15.9. The van der Waals surface area contributed by atoms with Crippen LogP contribution in [-0.2, 0) is 43.2 Å². The number of hydrogen-bond donors (Lipinski definition) is 12. The monoisotopic (exact) mass is 940 g/mol. The highest BCUT2D eigenvalue weighted by atomic mass is 32.2. The average Bonchev–Trinajstić information content (AvgIpc) is 3.96. The fourth-order valence-corrected chi connectivity index (χ4v) is 7.76. The SMILES string of the molecule is CC[C@H](C)[C@H](NC(=O)[C@@H](N)CCCN=C(N)N)C(=O)N1CCC[C@H]1C(=O)N[C@@H](CCCN=C(N)N)C(=O)NCC(=O)N[C@@H](CC(=O)O)C(=O)N[C@@H](CCSC)C(=O)N1CCC[C@H]1C(=O)O. The number of rotatable bonds is 28. The summed E-state index contributed by atoms with van der Waals surface area (Å²) in [5.74, 6) is -8.18. The van der Waals surface area contributed by atoms with Crippen LogP contribution in [0.5, 0.6) is 0 Å². The van der Waals surface area contributed by atoms with E-state index in [4.69, 9.17) is 28.7 Å². The summed E-state index contributed by atoms with van der Waals surface area (Å²) in [6, 6.07) is -8.30. The first-order chi connectivity index (χ1) is 30.7. The van der Waals surface area contributed by atoms with Crippen LogP contribution in [0, 0.1) is 5.92 Å². The Labute approximate surface area is 382 Å². The first-order valence-corrected chi connectivity index (χ1v) is 23.0. The Balaban J connectivity index is 2.20. The van der Waals surface area contributed by atoms with Gasteiger partial charge >= 0.3 is 11.9 Å². The maximum atomic E-state index is 14.0. The molecule has 65 heavy (non-hydrogen) atoms. The standard InChI is InChI=1S/C39H68N14O11S/c1-4-21(2)30(51-31(57)22(40)9-5-14-45-38(41)42)36(62)52-16-7-11-26(52)34(60)49-23(10-6-15-46-39(43)44)32(58)47-20-28(54)48-25(19-29(55)56)33(59)50-24(13-18-65-3)35(61)53-17-8-12-27(53)37(63)64/h21-27,30H,4-20,40H2,1-3H3,(H,47,58)(H,48,54)(H,49,60)(H,50,59)(H,51,57)(H,55,56)(H,63,64)(H4,41,42,45)(H4,43,44,46)/t21-,22-,23-,24-,25-,26-,27-,30-/m0/s1. The number of nitrogens with one attached hydrogen (secondary N) is 5. The van der Waals surface area contributed by atoms with Crippen molar-refractivity contribution in [3.8, 4) is 0 Å². The molecule has 0 unspecified atom stereocenters. The van der Waals surface area contributed by atoms with Gasteiger partial charge in [-0.15, -0.1) is 0 Å². The highest BCUT2D eigenvalue weighted by Crippen LogP contribution is 2.23. The minimum Gasteiger partial charge on any atom is -0.481 e. The molecule has 2 heterocycles. The third-order valence-electron chi connectivity index (χ3n) is 11.0. The van der Waals surface area contributed by atoms with Crippen molar-refractivity contribution in [2.24, 2.45) is 44.6 Å². The van der Waals surface area contributed by atoms with Crippen LogP contribution in [0.3, 0.4) is 0 Å². The van der Waals surface area contributed by atoms with Gasteiger partial charge in [0.1, 0.15) is 36.3 Å². The van der Waals surface area contributed by atoms with Gasteiger partial charge in [0.15, 0.2) is 11.9 Å². The minimum absolute atomic E-state index is 0.0292. The number of amides is 7. The summed E-state index contributed by atoms with van der Waals surface area (Å²) in [4.78, 5) is 128. The molecule has 0 bridgehead atoms. The molecule has 2 aliphatic rings. The first-order valence-electron chi connectivity index (χ1n) is 21.6. The molecule has 0 aromatic rings. The molecule has 366 valence electrons. The van der Waals surface area contributed by atoms with Crippen LogP contribution in [0.25, 0.3) is 0 Å². The van der Waals surface area contributed by atoms with E-state index in [1.807, 2.05) is 6.92 Å². The van der Waals surface area contributed by atoms with Crippen LogP contribution in [-0.4, -0.2) is 172 Å². The predicted molar refractivity (Wildman–Crippen MR) is 240 cm³/mol. The largest absolute Gasteiger partial charge is 0.481 e. The predicted octanol–water partition coefficient (Wildman–Crippen LogP) is -4.18. The van der Waals surface area contributed by atoms with Crippen LogP contribution in [0.4, 0.5) is 0 Å². The summed E-state index contributed by atoms with van der Waals surface area (Å²) in [6.45, 7) is 3.52. The maximum Gasteiger partial charge on any atom is 0.326 e. The zero-order valence-electron chi connectivity index (χ0n) is 37.3. The molecule has 0 spiro atoms. The van der Waals surface area contributed by atoms with Crippen LogP contribution >= 0.6 is 11.8 Å². The number of aliphatic imine (C=N–C) groups is 2. The Kier molecular flexibility index (Phi) is 23.9. The quantitative estimate of drug-likeness (QED) is 0.0201. The van der Waals surface area contributed by atoms with Gasteiger partial charge in [0.2, 0.25) is 41.4 Å². The zero-order valence-corrected chi connectivity index (χ0v) is 38.1. The van der Waals surface area contributed by atoms with Crippen LogP contribution in [0.1, 0.15) is 84.5 Å². The van der Waals surface area contributed by atoms with Crippen molar-refractivity contribution in [1.29, 1.82) is 0 Å². The highest BCUT2D eigenvalue weighted by molar-refractivity contribution is 7.98. The lowest BCUT2D eigenvalue weighted by Crippen LogP contribution is -2.59. The van der Waals surface area contributed by atoms with Gasteiger partial charge in [-0.2, -0.15) is 11.8 Å². The summed E-state index contributed by atoms with van der Waals surface area (Å²) in [7, 11) is 0. The van der Waals surface area contributed by atoms with E-state index in [0.717, 1.165) is 4.90 Å². The van der Waals surface area contributed by atoms with Crippen molar-refractivity contribution in [3.05, 3.63) is 0 Å². The number of carbonyl (C=O) groups is 9. The molecule has 0 saturated carbocycles. The van der Waals surface area contributed by atoms with E-state index in [0.29, 0.717) is 31.4 Å². The molecule has 2 fully saturated rings. The van der Waals surface area contributed by atoms with Gasteiger partial charge < -0.3 is 75.3 Å². The molecule has 2 rings (SSSR count). The number of hydrogen-bond acceptors (Lipinski definition) is 13. The van der Waals surface area contributed by atoms with E-state index < -0.39 is 109 Å². The lowest BCUT2D eigenvalue weighted by Gasteiger charge is -2.32. The highest BCUT2D eigenvalue weighted by Gasteiger charge is 2.41. The molecular formula is C39H68N14O11S. The fraction of sp³-hybridized carbons (Fsp3) is 0.718. The third kappa shape index (κ3) is 18.6. The van der Waals surface area contributed by atoms with Crippen molar-refractivity contribution in [1.82, 2.24) is 36.4 Å². The smallest absolute Gasteiger partial charge is 0.326 e. The second-order valence-corrected chi connectivity index (χ2v) is 16.9. The summed E-state index contributed by atoms with van der Waals surface area (Å²) >= 11 is 1.36. The molecule has 2 aliphatic heterocycles. The number of nitrogens with zero attached hydrogens (tertiary/aromatic N) is 4. The van der Waals surface area contributed by atoms with Crippen molar-refractivity contribution in [3.63, 3.8) is 0 Å². The van der Waals surface area contributed by atoms with Gasteiger partial charge in [0, 0.05) is 26.2 Å². The molecule has 17 N–H and O–H groups in total. The number of aliphatic carboxylic acids is 2. The summed E-state index contributed by atoms with van der Waals surface area (Å²) < 4.78 is 0. The third-order valence-corrected chi connectivity index (χ3v) is 11.6. The molecule has 26 heteroatoms. The van der Waals surface area contributed by atoms with Crippen molar-refractivity contribution >= 4 is 77.0 Å². The van der Waals surface area contributed by atoms with Gasteiger partial charge in [-0.05, 0) is 75.7 Å². The van der Waals surface area contributed by atoms with E-state index in [2.05, 4.69) is 36.6 Å². The number of nitrogens with two attached hydrogens (primary N) is 5. The van der Waals surface area contributed by atoms with E-state index in [1.54, 1.807) is 13.2 Å². The van der Waals surface area contributed by atoms with Crippen molar-refractivity contribution in [2.75, 3.05) is 44.7 Å². The van der Waals surface area contributed by atoms with Gasteiger partial charge in [-0.3, -0.25) is 48.3 Å². The lowest BCUT2D eigenvalue weighted by atomic mass is 9.96. The van der Waals surface area contributed by atoms with Gasteiger partial charge in [-0.25, -0.2) is 4.79 Å². The zero-order chi connectivity index (χ0) is 48.8. The molecule has 2 saturated heterocycles. The minimum atomic E-state index is -1.70. The molecule has 0 aromatic heterocycles. The maximum absolute atomic E-state index is 14.0. The van der Waals surface area contributed by atoms with E-state index in [9.17, 15) is 53.4 Å². The fourth-order valence-electron chi connectivity index (χ4n) is 7.29. The average molecular weight is 941 g/mol. The molecular weight excluding hydrogens is 873 g/mol. The Morgan fingerprint density at radius 1 is 0.723 bits per heavy atom. The lowest BCUT2D eigenvalue weighted by molar-refractivity contribution is -0.149. The summed E-state index contributed by atoms with van der Waals surface area (Å²) in [5.41, 5.74) is 27.7. The Morgan fingerprint density at radius 2 is 1.31 bits per heavy atom. The van der Waals surface area contributed by atoms with Gasteiger partial charge in [0.05, 0.1) is 19.0 Å². The van der Waals surface area contributed by atoms with Gasteiger partial charge in [-0.1, -0.05) is 20.3 Å². The van der Waals surface area contributed by atoms with E-state index in [-0.39, 0.29) is 82.5 Å². The second kappa shape index (κ2) is 28.1. The first kappa shape index (κ1) is 55.2. The molecule has 8 atom stereocenters. The number of likely N-dealkylation sites (tertiary alicyclic amines) is 2. The van der Waals surface area contributed by atoms with E-state index in [1.165, 1.54) is 16.7 Å². The Morgan fingerprint density at radius 3 is 1.86 bits per heavy atom. The topological polar surface area (TPSA) is 416 Å². The Bertz CT molecular complexity index is 1750. The van der Waals surface area contributed by atoms with Crippen LogP contribution in [0.2, 0.25) is 0 Å². The molecule has 0 radical (unpaired) electrons. The number of guanidine groups is 2. The molecule has 0 aromatic carbocycles. The summed E-state index contributed by atoms with van der Waals surface area (Å²) in [6.07, 6.45) is 3.62. The molecule has 7 amide bonds. The van der Waals surface area contributed by atoms with Crippen LogP contribution < -0.4 is 55.3 Å². The number of carboxylic acids is 2. The van der Waals surface area contributed by atoms with Crippen LogP contribution in [0.15, 0.2) is 9.98 Å². The Hall–Kier alpha value is -5.92. The molecule has 0 aliphatic carbocycles. The van der Waals surface area contributed by atoms with E-state index >= 15 is 0 Å². The van der Waals surface area contributed by atoms with Crippen molar-refractivity contribution < 1.29 is 53.4 Å². The number of carboxylic acid groups (broad SMARTS) is 2.